The second-order valence-corrected chi connectivity index (χ2v) is 2.13. The van der Waals surface area contributed by atoms with Crippen LogP contribution in [-0.2, 0) is 7.05 Å². The summed E-state index contributed by atoms with van der Waals surface area (Å²) in [5.41, 5.74) is 2.28. The van der Waals surface area contributed by atoms with Crippen LogP contribution < -0.4 is 4.68 Å². The SMILES string of the molecule is C=Cc1cc(C)[nH][n+]1C. The lowest BCUT2D eigenvalue weighted by atomic mass is 10.4. The number of rotatable bonds is 1. The van der Waals surface area contributed by atoms with Crippen LogP contribution in [0.5, 0.6) is 0 Å². The van der Waals surface area contributed by atoms with Crippen LogP contribution in [0.1, 0.15) is 11.4 Å². The van der Waals surface area contributed by atoms with E-state index in [1.165, 1.54) is 0 Å². The second kappa shape index (κ2) is 2.05. The first-order chi connectivity index (χ1) is 4.24. The molecule has 2 heteroatoms. The number of aromatic nitrogens is 2. The summed E-state index contributed by atoms with van der Waals surface area (Å²) in [5.74, 6) is 0. The van der Waals surface area contributed by atoms with Gasteiger partial charge in [0, 0.05) is 12.1 Å². The van der Waals surface area contributed by atoms with E-state index in [9.17, 15) is 0 Å². The van der Waals surface area contributed by atoms with E-state index in [-0.39, 0.29) is 0 Å². The number of nitrogens with zero attached hydrogens (tertiary/aromatic N) is 1. The number of hydrogen-bond acceptors (Lipinski definition) is 0. The Kier molecular flexibility index (Phi) is 1.39. The highest BCUT2D eigenvalue weighted by molar-refractivity contribution is 5.37. The molecule has 2 nitrogen and oxygen atoms in total. The Hall–Kier alpha value is -1.05. The molecule has 0 saturated carbocycles. The van der Waals surface area contributed by atoms with Crippen molar-refractivity contribution in [3.8, 4) is 0 Å². The minimum absolute atomic E-state index is 1.12. The number of hydrogen-bond donors (Lipinski definition) is 1. The third-order valence-corrected chi connectivity index (χ3v) is 1.30. The molecule has 0 saturated heterocycles. The lowest BCUT2D eigenvalue weighted by Gasteiger charge is -1.77. The van der Waals surface area contributed by atoms with E-state index in [2.05, 4.69) is 11.7 Å². The fourth-order valence-electron chi connectivity index (χ4n) is 0.876. The van der Waals surface area contributed by atoms with E-state index in [1.54, 1.807) is 0 Å². The van der Waals surface area contributed by atoms with Crippen LogP contribution in [0.25, 0.3) is 6.08 Å². The van der Waals surface area contributed by atoms with E-state index < -0.39 is 0 Å². The molecule has 0 aromatic carbocycles. The molecular weight excluding hydrogens is 112 g/mol. The van der Waals surface area contributed by atoms with E-state index in [1.807, 2.05) is 30.8 Å². The van der Waals surface area contributed by atoms with Crippen molar-refractivity contribution in [3.05, 3.63) is 24.0 Å². The fraction of sp³-hybridized carbons (Fsp3) is 0.286. The quantitative estimate of drug-likeness (QED) is 0.533. The summed E-state index contributed by atoms with van der Waals surface area (Å²) in [7, 11) is 1.96. The standard InChI is InChI=1S/C7H10N2/c1-4-7-5-6(2)8-9(7)3/h4-5H,1H2,2-3H3/p+1. The minimum Gasteiger partial charge on any atom is -0.170 e. The third-order valence-electron chi connectivity index (χ3n) is 1.30. The number of aromatic amines is 1. The molecular formula is C7H11N2+. The van der Waals surface area contributed by atoms with E-state index in [4.69, 9.17) is 0 Å². The van der Waals surface area contributed by atoms with E-state index in [0.717, 1.165) is 11.4 Å². The second-order valence-electron chi connectivity index (χ2n) is 2.13. The maximum Gasteiger partial charge on any atom is 0.230 e. The average molecular weight is 123 g/mol. The molecule has 48 valence electrons. The molecule has 0 radical (unpaired) electrons. The highest BCUT2D eigenvalue weighted by Gasteiger charge is 2.03. The number of aryl methyl sites for hydroxylation is 2. The Bertz CT molecular complexity index is 223. The molecule has 0 atom stereocenters. The highest BCUT2D eigenvalue weighted by Crippen LogP contribution is 1.94. The maximum atomic E-state index is 3.66. The summed E-state index contributed by atoms with van der Waals surface area (Å²) < 4.78 is 1.93. The van der Waals surface area contributed by atoms with Crippen molar-refractivity contribution in [1.29, 1.82) is 0 Å². The van der Waals surface area contributed by atoms with E-state index >= 15 is 0 Å². The van der Waals surface area contributed by atoms with Crippen molar-refractivity contribution in [2.24, 2.45) is 7.05 Å². The maximum absolute atomic E-state index is 3.66. The summed E-state index contributed by atoms with van der Waals surface area (Å²) in [5, 5.41) is 3.10. The Morgan fingerprint density at radius 1 is 1.78 bits per heavy atom. The van der Waals surface area contributed by atoms with Crippen molar-refractivity contribution < 1.29 is 4.68 Å². The van der Waals surface area contributed by atoms with Crippen LogP contribution in [-0.4, -0.2) is 5.10 Å². The van der Waals surface area contributed by atoms with Crippen LogP contribution in [0.15, 0.2) is 12.6 Å². The van der Waals surface area contributed by atoms with Gasteiger partial charge < -0.3 is 0 Å². The normalized spacial score (nSPS) is 9.56. The summed E-state index contributed by atoms with van der Waals surface area (Å²) in [6.45, 7) is 5.69. The molecule has 0 amide bonds. The molecule has 0 unspecified atom stereocenters. The zero-order chi connectivity index (χ0) is 6.85. The van der Waals surface area contributed by atoms with Crippen molar-refractivity contribution in [3.63, 3.8) is 0 Å². The van der Waals surface area contributed by atoms with Crippen molar-refractivity contribution in [2.45, 2.75) is 6.92 Å². The van der Waals surface area contributed by atoms with Gasteiger partial charge in [-0.2, -0.15) is 5.10 Å². The summed E-state index contributed by atoms with van der Waals surface area (Å²) in [4.78, 5) is 0. The lowest BCUT2D eigenvalue weighted by Crippen LogP contribution is -2.32. The number of H-pyrrole nitrogens is 1. The Labute approximate surface area is 54.8 Å². The smallest absolute Gasteiger partial charge is 0.170 e. The Balaban J connectivity index is 3.15. The summed E-state index contributed by atoms with van der Waals surface area (Å²) in [6.07, 6.45) is 1.82. The molecule has 1 rings (SSSR count). The molecule has 1 N–H and O–H groups in total. The number of nitrogens with one attached hydrogen (secondary N) is 1. The molecule has 0 bridgehead atoms. The lowest BCUT2D eigenvalue weighted by molar-refractivity contribution is -0.728. The molecule has 0 fully saturated rings. The predicted molar refractivity (Wildman–Crippen MR) is 36.8 cm³/mol. The van der Waals surface area contributed by atoms with Crippen molar-refractivity contribution >= 4 is 6.08 Å². The van der Waals surface area contributed by atoms with Crippen LogP contribution in [0.3, 0.4) is 0 Å². The van der Waals surface area contributed by atoms with Crippen LogP contribution in [0, 0.1) is 6.92 Å². The average Bonchev–Trinajstić information content (AvgIpc) is 2.10. The van der Waals surface area contributed by atoms with Gasteiger partial charge >= 0.3 is 0 Å². The molecule has 0 aliphatic carbocycles. The highest BCUT2D eigenvalue weighted by atomic mass is 15.3. The first-order valence-electron chi connectivity index (χ1n) is 2.92. The first-order valence-corrected chi connectivity index (χ1v) is 2.92. The molecule has 0 aliphatic rings. The van der Waals surface area contributed by atoms with Gasteiger partial charge in [-0.15, -0.1) is 4.68 Å². The fourth-order valence-corrected chi connectivity index (χ4v) is 0.876. The van der Waals surface area contributed by atoms with Gasteiger partial charge in [0.2, 0.25) is 5.69 Å². The van der Waals surface area contributed by atoms with Crippen LogP contribution in [0.2, 0.25) is 0 Å². The minimum atomic E-state index is 1.12. The van der Waals surface area contributed by atoms with Gasteiger partial charge in [0.05, 0.1) is 5.69 Å². The molecule has 1 heterocycles. The van der Waals surface area contributed by atoms with Crippen LogP contribution in [0.4, 0.5) is 0 Å². The molecule has 0 aliphatic heterocycles. The predicted octanol–water partition coefficient (Wildman–Crippen LogP) is 0.791. The molecule has 1 aromatic heterocycles. The van der Waals surface area contributed by atoms with E-state index in [0.29, 0.717) is 0 Å². The van der Waals surface area contributed by atoms with Gasteiger partial charge in [0.1, 0.15) is 0 Å². The molecule has 1 aromatic rings. The van der Waals surface area contributed by atoms with Gasteiger partial charge in [-0.25, -0.2) is 0 Å². The van der Waals surface area contributed by atoms with Crippen molar-refractivity contribution in [1.82, 2.24) is 5.10 Å². The van der Waals surface area contributed by atoms with Gasteiger partial charge in [-0.05, 0) is 6.92 Å². The third kappa shape index (κ3) is 1.02. The summed E-state index contributed by atoms with van der Waals surface area (Å²) in [6, 6.07) is 2.05. The zero-order valence-electron chi connectivity index (χ0n) is 5.81. The summed E-state index contributed by atoms with van der Waals surface area (Å²) >= 11 is 0. The van der Waals surface area contributed by atoms with Crippen LogP contribution >= 0.6 is 0 Å². The monoisotopic (exact) mass is 123 g/mol. The molecule has 0 spiro atoms. The van der Waals surface area contributed by atoms with Crippen molar-refractivity contribution in [2.75, 3.05) is 0 Å². The Morgan fingerprint density at radius 2 is 2.44 bits per heavy atom. The first kappa shape index (κ1) is 6.08. The molecule has 9 heavy (non-hydrogen) atoms. The largest absolute Gasteiger partial charge is 0.230 e. The van der Waals surface area contributed by atoms with Gasteiger partial charge in [0.25, 0.3) is 0 Å². The Morgan fingerprint density at radius 3 is 2.67 bits per heavy atom. The van der Waals surface area contributed by atoms with Gasteiger partial charge in [-0.1, -0.05) is 6.58 Å². The van der Waals surface area contributed by atoms with Gasteiger partial charge in [-0.3, -0.25) is 0 Å². The zero-order valence-corrected chi connectivity index (χ0v) is 5.81. The topological polar surface area (TPSA) is 19.7 Å². The van der Waals surface area contributed by atoms with Gasteiger partial charge in [0.15, 0.2) is 7.05 Å².